The molecular weight excluding hydrogens is 516 g/mol. The fourth-order valence-electron chi connectivity index (χ4n) is 4.18. The Hall–Kier alpha value is -2.81. The second-order valence-electron chi connectivity index (χ2n) is 9.09. The third-order valence-electron chi connectivity index (χ3n) is 6.37. The van der Waals surface area contributed by atoms with Crippen LogP contribution in [0.4, 0.5) is 0 Å². The standard InChI is InChI=1S/C27H25ClN2O4S2/c1-17-13-22(17)23-9-8-21(34-23)16-29(15-20-3-2-12-33-20)25(31)10-11-30-26(32)24(36-27(30)35)14-18-4-6-19(28)7-5-18/h2-9,12,14,17,22H,10-11,13,15-16H2,1H3/b24-14-. The first-order valence-corrected chi connectivity index (χ1v) is 13.4. The number of amides is 2. The molecule has 186 valence electrons. The Morgan fingerprint density at radius 2 is 1.94 bits per heavy atom. The third-order valence-corrected chi connectivity index (χ3v) is 8.00. The molecule has 5 rings (SSSR count). The van der Waals surface area contributed by atoms with Gasteiger partial charge in [0.15, 0.2) is 0 Å². The molecule has 36 heavy (non-hydrogen) atoms. The van der Waals surface area contributed by atoms with Gasteiger partial charge in [-0.05, 0) is 60.4 Å². The van der Waals surface area contributed by atoms with Gasteiger partial charge in [0.1, 0.15) is 21.6 Å². The normalized spacial score (nSPS) is 20.4. The summed E-state index contributed by atoms with van der Waals surface area (Å²) in [7, 11) is 0. The van der Waals surface area contributed by atoms with Crippen LogP contribution in [-0.2, 0) is 22.7 Å². The van der Waals surface area contributed by atoms with E-state index < -0.39 is 0 Å². The van der Waals surface area contributed by atoms with Crippen molar-refractivity contribution < 1.29 is 18.4 Å². The van der Waals surface area contributed by atoms with E-state index in [0.717, 1.165) is 23.5 Å². The van der Waals surface area contributed by atoms with Gasteiger partial charge in [0, 0.05) is 23.9 Å². The number of thioether (sulfide) groups is 1. The molecule has 2 atom stereocenters. The van der Waals surface area contributed by atoms with E-state index in [-0.39, 0.29) is 24.8 Å². The van der Waals surface area contributed by atoms with Crippen LogP contribution in [0, 0.1) is 5.92 Å². The van der Waals surface area contributed by atoms with Crippen molar-refractivity contribution in [2.45, 2.75) is 38.8 Å². The fraction of sp³-hybridized carbons (Fsp3) is 0.296. The predicted molar refractivity (Wildman–Crippen MR) is 144 cm³/mol. The van der Waals surface area contributed by atoms with Crippen LogP contribution in [0.25, 0.3) is 6.08 Å². The van der Waals surface area contributed by atoms with Crippen LogP contribution >= 0.6 is 35.6 Å². The number of carbonyl (C=O) groups excluding carboxylic acids is 2. The van der Waals surface area contributed by atoms with Crippen molar-refractivity contribution in [3.8, 4) is 0 Å². The Labute approximate surface area is 224 Å². The molecule has 1 saturated carbocycles. The van der Waals surface area contributed by atoms with Gasteiger partial charge in [0.05, 0.1) is 24.3 Å². The maximum absolute atomic E-state index is 13.3. The summed E-state index contributed by atoms with van der Waals surface area (Å²) < 4.78 is 12.0. The first-order valence-electron chi connectivity index (χ1n) is 11.8. The monoisotopic (exact) mass is 540 g/mol. The molecule has 0 radical (unpaired) electrons. The highest BCUT2D eigenvalue weighted by Crippen LogP contribution is 2.47. The summed E-state index contributed by atoms with van der Waals surface area (Å²) in [5.74, 6) is 3.21. The van der Waals surface area contributed by atoms with E-state index >= 15 is 0 Å². The minimum atomic E-state index is -0.195. The molecule has 1 aliphatic heterocycles. The van der Waals surface area contributed by atoms with Gasteiger partial charge in [-0.25, -0.2) is 0 Å². The van der Waals surface area contributed by atoms with Gasteiger partial charge in [0.2, 0.25) is 5.91 Å². The molecule has 2 aliphatic rings. The van der Waals surface area contributed by atoms with Gasteiger partial charge in [-0.2, -0.15) is 0 Å². The molecule has 2 aromatic heterocycles. The molecule has 6 nitrogen and oxygen atoms in total. The van der Waals surface area contributed by atoms with Crippen LogP contribution in [0.5, 0.6) is 0 Å². The zero-order valence-electron chi connectivity index (χ0n) is 19.7. The summed E-state index contributed by atoms with van der Waals surface area (Å²) >= 11 is 12.6. The van der Waals surface area contributed by atoms with Crippen LogP contribution < -0.4 is 0 Å². The number of carbonyl (C=O) groups is 2. The maximum Gasteiger partial charge on any atom is 0.266 e. The van der Waals surface area contributed by atoms with Crippen molar-refractivity contribution in [3.63, 3.8) is 0 Å². The summed E-state index contributed by atoms with van der Waals surface area (Å²) in [6, 6.07) is 14.8. The average Bonchev–Trinajstić information content (AvgIpc) is 3.22. The minimum absolute atomic E-state index is 0.111. The maximum atomic E-state index is 13.3. The molecule has 3 heterocycles. The molecule has 2 unspecified atom stereocenters. The third kappa shape index (κ3) is 5.77. The van der Waals surface area contributed by atoms with Gasteiger partial charge in [-0.3, -0.25) is 14.5 Å². The quantitative estimate of drug-likeness (QED) is 0.229. The number of halogens is 1. The lowest BCUT2D eigenvalue weighted by Gasteiger charge is -2.22. The second kappa shape index (κ2) is 10.7. The van der Waals surface area contributed by atoms with Gasteiger partial charge >= 0.3 is 0 Å². The van der Waals surface area contributed by atoms with Gasteiger partial charge in [-0.1, -0.05) is 54.6 Å². The Kier molecular flexibility index (Phi) is 7.37. The number of hydrogen-bond acceptors (Lipinski definition) is 6. The number of hydrogen-bond donors (Lipinski definition) is 0. The van der Waals surface area contributed by atoms with Crippen molar-refractivity contribution in [1.29, 1.82) is 0 Å². The molecule has 3 aromatic rings. The van der Waals surface area contributed by atoms with Gasteiger partial charge < -0.3 is 13.7 Å². The van der Waals surface area contributed by atoms with Crippen LogP contribution in [0.1, 0.15) is 48.5 Å². The van der Waals surface area contributed by atoms with E-state index in [4.69, 9.17) is 32.7 Å². The van der Waals surface area contributed by atoms with Crippen LogP contribution in [0.2, 0.25) is 5.02 Å². The Morgan fingerprint density at radius 3 is 2.64 bits per heavy atom. The van der Waals surface area contributed by atoms with Crippen molar-refractivity contribution >= 4 is 57.8 Å². The molecule has 9 heteroatoms. The van der Waals surface area contributed by atoms with E-state index in [9.17, 15) is 9.59 Å². The number of furan rings is 2. The lowest BCUT2D eigenvalue weighted by atomic mass is 10.2. The predicted octanol–water partition coefficient (Wildman–Crippen LogP) is 6.47. The molecule has 0 N–H and O–H groups in total. The van der Waals surface area contributed by atoms with Crippen LogP contribution in [0.3, 0.4) is 0 Å². The Morgan fingerprint density at radius 1 is 1.19 bits per heavy atom. The molecule has 2 amide bonds. The summed E-state index contributed by atoms with van der Waals surface area (Å²) in [5, 5.41) is 0.630. The van der Waals surface area contributed by atoms with Crippen LogP contribution in [0.15, 0.2) is 68.5 Å². The molecule has 0 bridgehead atoms. The highest BCUT2D eigenvalue weighted by Gasteiger charge is 2.37. The summed E-state index contributed by atoms with van der Waals surface area (Å²) in [6.07, 6.45) is 4.65. The van der Waals surface area contributed by atoms with Crippen LogP contribution in [-0.4, -0.2) is 32.5 Å². The molecule has 1 saturated heterocycles. The fourth-order valence-corrected chi connectivity index (χ4v) is 5.61. The van der Waals surface area contributed by atoms with Crippen molar-refractivity contribution in [1.82, 2.24) is 9.80 Å². The lowest BCUT2D eigenvalue weighted by molar-refractivity contribution is -0.133. The van der Waals surface area contributed by atoms with E-state index in [1.807, 2.05) is 30.3 Å². The Balaban J connectivity index is 1.24. The highest BCUT2D eigenvalue weighted by atomic mass is 35.5. The number of benzene rings is 1. The first kappa shape index (κ1) is 24.9. The zero-order chi connectivity index (χ0) is 25.2. The van der Waals surface area contributed by atoms with Crippen molar-refractivity contribution in [2.75, 3.05) is 6.54 Å². The average molecular weight is 541 g/mol. The van der Waals surface area contributed by atoms with E-state index in [1.165, 1.54) is 16.7 Å². The summed E-state index contributed by atoms with van der Waals surface area (Å²) in [6.45, 7) is 3.06. The molecule has 1 aromatic carbocycles. The molecule has 0 spiro atoms. The highest BCUT2D eigenvalue weighted by molar-refractivity contribution is 8.26. The summed E-state index contributed by atoms with van der Waals surface area (Å²) in [4.78, 5) is 30.0. The van der Waals surface area contributed by atoms with Gasteiger partial charge in [0.25, 0.3) is 5.91 Å². The second-order valence-corrected chi connectivity index (χ2v) is 11.2. The zero-order valence-corrected chi connectivity index (χ0v) is 22.1. The minimum Gasteiger partial charge on any atom is -0.467 e. The Bertz CT molecular complexity index is 1300. The number of nitrogens with zero attached hydrogens (tertiary/aromatic N) is 2. The largest absolute Gasteiger partial charge is 0.467 e. The van der Waals surface area contributed by atoms with Crippen molar-refractivity contribution in [2.24, 2.45) is 5.92 Å². The van der Waals surface area contributed by atoms with E-state index in [1.54, 1.807) is 35.4 Å². The molecule has 1 aliphatic carbocycles. The van der Waals surface area contributed by atoms with E-state index in [0.29, 0.717) is 44.9 Å². The number of rotatable bonds is 9. The number of thiocarbonyl (C=S) groups is 1. The van der Waals surface area contributed by atoms with Gasteiger partial charge in [-0.15, -0.1) is 0 Å². The first-order chi connectivity index (χ1) is 17.4. The summed E-state index contributed by atoms with van der Waals surface area (Å²) in [5.41, 5.74) is 0.860. The topological polar surface area (TPSA) is 66.9 Å². The SMILES string of the molecule is CC1CC1c1ccc(CN(Cc2ccco2)C(=O)CCN2C(=O)/C(=C/c3ccc(Cl)cc3)SC2=S)o1. The molecule has 2 fully saturated rings. The van der Waals surface area contributed by atoms with Crippen molar-refractivity contribution in [3.05, 3.63) is 87.6 Å². The lowest BCUT2D eigenvalue weighted by Crippen LogP contribution is -2.35. The van der Waals surface area contributed by atoms with E-state index in [2.05, 4.69) is 6.92 Å². The smallest absolute Gasteiger partial charge is 0.266 e. The molecular formula is C27H25ClN2O4S2.